The molecule has 0 atom stereocenters. The molecule has 2 heterocycles. The summed E-state index contributed by atoms with van der Waals surface area (Å²) in [6.45, 7) is 9.64. The largest absolute Gasteiger partial charge is 0.438 e. The van der Waals surface area contributed by atoms with Crippen LogP contribution in [0.15, 0.2) is 97.2 Å². The summed E-state index contributed by atoms with van der Waals surface area (Å²) in [6, 6.07) is 27.9. The lowest BCUT2D eigenvalue weighted by molar-refractivity contribution is -0.117. The summed E-state index contributed by atoms with van der Waals surface area (Å²) in [4.78, 5) is 34.6. The van der Waals surface area contributed by atoms with E-state index in [9.17, 15) is 14.2 Å². The second-order valence-electron chi connectivity index (χ2n) is 14.3. The van der Waals surface area contributed by atoms with E-state index in [1.807, 2.05) is 66.7 Å². The summed E-state index contributed by atoms with van der Waals surface area (Å²) in [5.74, 6) is 2.31. The SMILES string of the molecule is CC(C)(C)c1cc(NC(=O)Nc2ccc(Oc3ccnc(Cc4ccc5c(c4)CC(=O)C5)n3)c3ccccc23)n(-c2cccc(P(C)(C)=O)c2)n1. The van der Waals surface area contributed by atoms with Crippen molar-refractivity contribution in [3.8, 4) is 17.3 Å². The number of carbonyl (C=O) groups is 2. The van der Waals surface area contributed by atoms with E-state index in [-0.39, 0.29) is 11.2 Å². The first-order valence-corrected chi connectivity index (χ1v) is 19.4. The second kappa shape index (κ2) is 13.3. The highest BCUT2D eigenvalue weighted by Crippen LogP contribution is 2.36. The Bertz CT molecular complexity index is 2370. The number of ketones is 1. The van der Waals surface area contributed by atoms with Gasteiger partial charge in [-0.3, -0.25) is 10.1 Å². The van der Waals surface area contributed by atoms with Crippen LogP contribution >= 0.6 is 7.14 Å². The molecule has 0 unspecified atom stereocenters. The molecule has 10 nitrogen and oxygen atoms in total. The smallest absolute Gasteiger partial charge is 0.324 e. The maximum absolute atomic E-state index is 13.6. The minimum atomic E-state index is -2.52. The third-order valence-corrected chi connectivity index (χ3v) is 10.4. The third-order valence-electron chi connectivity index (χ3n) is 8.85. The maximum Gasteiger partial charge on any atom is 0.324 e. The lowest BCUT2D eigenvalue weighted by Gasteiger charge is -2.15. The minimum absolute atomic E-state index is 0.245. The van der Waals surface area contributed by atoms with Crippen molar-refractivity contribution in [3.05, 3.63) is 125 Å². The molecular formula is C40H39N6O4P. The van der Waals surface area contributed by atoms with Crippen molar-refractivity contribution >= 4 is 46.5 Å². The van der Waals surface area contributed by atoms with E-state index in [1.165, 1.54) is 0 Å². The van der Waals surface area contributed by atoms with Crippen molar-refractivity contribution in [1.82, 2.24) is 19.7 Å². The molecule has 1 aliphatic rings. The van der Waals surface area contributed by atoms with E-state index in [4.69, 9.17) is 9.84 Å². The van der Waals surface area contributed by atoms with Crippen LogP contribution in [0.5, 0.6) is 11.6 Å². The van der Waals surface area contributed by atoms with Crippen LogP contribution in [0.2, 0.25) is 0 Å². The molecule has 51 heavy (non-hydrogen) atoms. The van der Waals surface area contributed by atoms with Crippen LogP contribution in [0.3, 0.4) is 0 Å². The number of nitrogens with zero attached hydrogens (tertiary/aromatic N) is 4. The van der Waals surface area contributed by atoms with Crippen molar-refractivity contribution in [2.24, 2.45) is 0 Å². The van der Waals surface area contributed by atoms with Crippen LogP contribution < -0.4 is 20.7 Å². The number of aromatic nitrogens is 4. The molecule has 11 heteroatoms. The normalized spacial score (nSPS) is 12.9. The lowest BCUT2D eigenvalue weighted by Crippen LogP contribution is -2.21. The number of hydrogen-bond donors (Lipinski definition) is 2. The molecule has 2 amide bonds. The van der Waals surface area contributed by atoms with Crippen molar-refractivity contribution in [1.29, 1.82) is 0 Å². The molecule has 0 bridgehead atoms. The van der Waals surface area contributed by atoms with Gasteiger partial charge >= 0.3 is 6.03 Å². The fourth-order valence-corrected chi connectivity index (χ4v) is 7.05. The summed E-state index contributed by atoms with van der Waals surface area (Å²) >= 11 is 0. The van der Waals surface area contributed by atoms with Gasteiger partial charge in [0.2, 0.25) is 5.88 Å². The van der Waals surface area contributed by atoms with E-state index >= 15 is 0 Å². The Morgan fingerprint density at radius 2 is 1.67 bits per heavy atom. The monoisotopic (exact) mass is 698 g/mol. The number of carbonyl (C=O) groups excluding carboxylic acids is 2. The highest BCUT2D eigenvalue weighted by Gasteiger charge is 2.23. The van der Waals surface area contributed by atoms with Gasteiger partial charge in [-0.15, -0.1) is 0 Å². The van der Waals surface area contributed by atoms with Crippen LogP contribution in [-0.2, 0) is 34.0 Å². The summed E-state index contributed by atoms with van der Waals surface area (Å²) in [7, 11) is -2.52. The Labute approximate surface area is 296 Å². The van der Waals surface area contributed by atoms with Crippen LogP contribution in [0.25, 0.3) is 16.5 Å². The number of nitrogens with one attached hydrogen (secondary N) is 2. The van der Waals surface area contributed by atoms with E-state index in [1.54, 1.807) is 42.4 Å². The summed E-state index contributed by atoms with van der Waals surface area (Å²) in [5, 5.41) is 13.1. The first-order chi connectivity index (χ1) is 24.3. The van der Waals surface area contributed by atoms with Gasteiger partial charge in [-0.05, 0) is 54.3 Å². The highest BCUT2D eigenvalue weighted by atomic mass is 31.2. The molecule has 0 spiro atoms. The van der Waals surface area contributed by atoms with Crippen molar-refractivity contribution < 1.29 is 18.9 Å². The van der Waals surface area contributed by atoms with Crippen molar-refractivity contribution in [2.45, 2.75) is 45.4 Å². The first-order valence-electron chi connectivity index (χ1n) is 16.8. The Morgan fingerprint density at radius 1 is 0.882 bits per heavy atom. The Morgan fingerprint density at radius 3 is 2.45 bits per heavy atom. The zero-order valence-electron chi connectivity index (χ0n) is 29.2. The van der Waals surface area contributed by atoms with Gasteiger partial charge in [0.05, 0.1) is 17.1 Å². The molecule has 0 fully saturated rings. The van der Waals surface area contributed by atoms with Gasteiger partial charge in [-0.25, -0.2) is 14.5 Å². The molecule has 0 aliphatic heterocycles. The minimum Gasteiger partial charge on any atom is -0.438 e. The van der Waals surface area contributed by atoms with Crippen LogP contribution in [0.1, 0.15) is 49.0 Å². The number of benzene rings is 4. The Kier molecular flexibility index (Phi) is 8.81. The molecule has 6 aromatic rings. The van der Waals surface area contributed by atoms with Crippen LogP contribution in [-0.4, -0.2) is 44.9 Å². The Hall–Kier alpha value is -5.60. The quantitative estimate of drug-likeness (QED) is 0.154. The average molecular weight is 699 g/mol. The zero-order valence-corrected chi connectivity index (χ0v) is 30.1. The molecule has 2 N–H and O–H groups in total. The number of anilines is 2. The summed E-state index contributed by atoms with van der Waals surface area (Å²) < 4.78 is 20.8. The highest BCUT2D eigenvalue weighted by molar-refractivity contribution is 7.70. The number of amides is 2. The third kappa shape index (κ3) is 7.47. The molecule has 0 saturated carbocycles. The number of ether oxygens (including phenoxy) is 1. The fourth-order valence-electron chi connectivity index (χ4n) is 6.16. The topological polar surface area (TPSA) is 128 Å². The zero-order chi connectivity index (χ0) is 35.9. The molecule has 258 valence electrons. The molecule has 1 aliphatic carbocycles. The van der Waals surface area contributed by atoms with Crippen LogP contribution in [0.4, 0.5) is 16.3 Å². The van der Waals surface area contributed by atoms with E-state index in [0.717, 1.165) is 38.5 Å². The van der Waals surface area contributed by atoms with Gasteiger partial charge in [-0.2, -0.15) is 10.1 Å². The molecule has 7 rings (SSSR count). The Balaban J connectivity index is 1.11. The number of Topliss-reactive ketones (excluding diaryl/α,β-unsaturated/α-hetero) is 1. The van der Waals surface area contributed by atoms with E-state index in [2.05, 4.69) is 47.4 Å². The first kappa shape index (κ1) is 33.9. The van der Waals surface area contributed by atoms with E-state index in [0.29, 0.717) is 53.9 Å². The number of rotatable bonds is 8. The molecule has 2 aromatic heterocycles. The van der Waals surface area contributed by atoms with Gasteiger partial charge in [0, 0.05) is 59.1 Å². The molecular weight excluding hydrogens is 659 g/mol. The fraction of sp³-hybridized carbons (Fsp3) is 0.225. The number of hydrogen-bond acceptors (Lipinski definition) is 7. The van der Waals surface area contributed by atoms with Gasteiger partial charge in [-0.1, -0.05) is 75.4 Å². The van der Waals surface area contributed by atoms with Crippen molar-refractivity contribution in [2.75, 3.05) is 24.0 Å². The predicted molar refractivity (Wildman–Crippen MR) is 202 cm³/mol. The number of urea groups is 1. The molecule has 4 aromatic carbocycles. The van der Waals surface area contributed by atoms with E-state index < -0.39 is 13.2 Å². The average Bonchev–Trinajstić information content (AvgIpc) is 3.68. The van der Waals surface area contributed by atoms with Gasteiger partial charge in [0.1, 0.15) is 30.3 Å². The van der Waals surface area contributed by atoms with Crippen molar-refractivity contribution in [3.63, 3.8) is 0 Å². The standard InChI is InChI=1S/C40H39N6O4P/c1-40(2,3)35-24-37(46(45-35)28-9-8-10-30(23-28)51(4,5)49)44-39(48)42-33-15-16-34(32-12-7-6-11-31(32)33)50-38-17-18-41-36(43-38)20-25-13-14-26-21-29(47)22-27(26)19-25/h6-19,23-24H,20-22H2,1-5H3,(H2,42,44,48). The van der Waals surface area contributed by atoms with Gasteiger partial charge in [0.15, 0.2) is 0 Å². The second-order valence-corrected chi connectivity index (χ2v) is 17.5. The van der Waals surface area contributed by atoms with Gasteiger partial charge in [0.25, 0.3) is 0 Å². The summed E-state index contributed by atoms with van der Waals surface area (Å²) in [5.41, 5.74) is 5.02. The molecule has 0 radical (unpaired) electrons. The van der Waals surface area contributed by atoms with Crippen LogP contribution in [0, 0.1) is 0 Å². The molecule has 0 saturated heterocycles. The predicted octanol–water partition coefficient (Wildman–Crippen LogP) is 8.06. The lowest BCUT2D eigenvalue weighted by atomic mass is 9.92. The van der Waals surface area contributed by atoms with Gasteiger partial charge < -0.3 is 14.6 Å². The number of fused-ring (bicyclic) bond motifs is 2. The summed E-state index contributed by atoms with van der Waals surface area (Å²) in [6.07, 6.45) is 3.17. The maximum atomic E-state index is 13.6.